The first-order valence-electron chi connectivity index (χ1n) is 3.19. The Morgan fingerprint density at radius 1 is 1.13 bits per heavy atom. The first-order chi connectivity index (χ1) is 5.88. The van der Waals surface area contributed by atoms with E-state index in [1.165, 1.54) is 0 Å². The Bertz CT molecular complexity index is 316. The minimum atomic E-state index is -4.79. The largest absolute Gasteiger partial charge is 0.870 e. The zero-order valence-electron chi connectivity index (χ0n) is 7.12. The minimum absolute atomic E-state index is 0. The summed E-state index contributed by atoms with van der Waals surface area (Å²) in [4.78, 5) is 0. The second kappa shape index (κ2) is 5.57. The third kappa shape index (κ3) is 5.23. The van der Waals surface area contributed by atoms with E-state index in [-0.39, 0.29) is 16.4 Å². The third-order valence-corrected chi connectivity index (χ3v) is 1.20. The molecule has 0 saturated heterocycles. The van der Waals surface area contributed by atoms with Gasteiger partial charge < -0.3 is 11.0 Å². The summed E-state index contributed by atoms with van der Waals surface area (Å²) in [6.45, 7) is 0. The van der Waals surface area contributed by atoms with Crippen LogP contribution in [-0.4, -0.2) is 25.2 Å². The summed E-state index contributed by atoms with van der Waals surface area (Å²) in [5, 5.41) is 0. The molecule has 0 bridgehead atoms. The van der Waals surface area contributed by atoms with Crippen LogP contribution >= 0.6 is 0 Å². The van der Waals surface area contributed by atoms with Gasteiger partial charge in [-0.1, -0.05) is 0 Å². The maximum atomic E-state index is 12.5. The number of rotatable bonds is 1. The Balaban J connectivity index is 0. The zero-order valence-corrected chi connectivity index (χ0v) is 7.12. The summed E-state index contributed by atoms with van der Waals surface area (Å²) < 4.78 is 50.8. The van der Waals surface area contributed by atoms with Gasteiger partial charge in [-0.15, -0.1) is 0 Å². The van der Waals surface area contributed by atoms with Gasteiger partial charge in [0.25, 0.3) is 0 Å². The van der Waals surface area contributed by atoms with Crippen molar-refractivity contribution < 1.29 is 33.3 Å². The fraction of sp³-hybridized carbons (Fsp3) is 0.143. The van der Waals surface area contributed by atoms with E-state index in [2.05, 4.69) is 4.74 Å². The quantitative estimate of drug-likeness (QED) is 0.530. The van der Waals surface area contributed by atoms with Crippen molar-refractivity contribution in [2.24, 2.45) is 0 Å². The molecule has 0 aromatic heterocycles. The van der Waals surface area contributed by atoms with Gasteiger partial charge in [-0.3, -0.25) is 0 Å². The maximum Gasteiger partial charge on any atom is -0.870 e. The van der Waals surface area contributed by atoms with Crippen molar-refractivity contribution >= 4 is 13.3 Å². The summed E-state index contributed by atoms with van der Waals surface area (Å²) in [7, 11) is 5.02. The third-order valence-electron chi connectivity index (χ3n) is 1.20. The van der Waals surface area contributed by atoms with Crippen LogP contribution in [0, 0.1) is 5.82 Å². The van der Waals surface area contributed by atoms with Gasteiger partial charge in [-0.25, -0.2) is 0 Å². The topological polar surface area (TPSA) is 69.2 Å². The summed E-state index contributed by atoms with van der Waals surface area (Å²) in [5.74, 6) is -1.32. The van der Waals surface area contributed by atoms with E-state index >= 15 is 0 Å². The van der Waals surface area contributed by atoms with Crippen LogP contribution in [0.5, 0.6) is 5.75 Å². The van der Waals surface area contributed by atoms with E-state index in [0.717, 1.165) is 18.2 Å². The Labute approximate surface area is 83.7 Å². The van der Waals surface area contributed by atoms with Gasteiger partial charge in [-0.2, -0.15) is 0 Å². The molecule has 0 radical (unpaired) electrons. The monoisotopic (exact) mass is 224 g/mol. The summed E-state index contributed by atoms with van der Waals surface area (Å²) in [5.41, 5.74) is -0.387. The molecule has 82 valence electrons. The molecule has 0 saturated carbocycles. The van der Waals surface area contributed by atoms with Crippen LogP contribution in [0.1, 0.15) is 0 Å². The fourth-order valence-electron chi connectivity index (χ4n) is 0.719. The van der Waals surface area contributed by atoms with Gasteiger partial charge in [0.05, 0.1) is 0 Å². The summed E-state index contributed by atoms with van der Waals surface area (Å²) in [6.07, 6.45) is -4.79. The zero-order chi connectivity index (χ0) is 10.1. The molecule has 0 aliphatic rings. The second-order valence-corrected chi connectivity index (χ2v) is 2.23. The SMILES string of the molecule is [B+2]c1cc(OC(F)(F)F)ccc1F.[OH-].[OH-]. The molecule has 0 fully saturated rings. The van der Waals surface area contributed by atoms with Crippen LogP contribution in [-0.2, 0) is 0 Å². The van der Waals surface area contributed by atoms with Crippen molar-refractivity contribution in [1.82, 2.24) is 0 Å². The van der Waals surface area contributed by atoms with Crippen LogP contribution in [0.25, 0.3) is 0 Å². The summed E-state index contributed by atoms with van der Waals surface area (Å²) >= 11 is 0. The molecule has 3 nitrogen and oxygen atoms in total. The van der Waals surface area contributed by atoms with Crippen LogP contribution in [0.15, 0.2) is 18.2 Å². The van der Waals surface area contributed by atoms with Crippen LogP contribution < -0.4 is 10.2 Å². The molecule has 1 aromatic carbocycles. The van der Waals surface area contributed by atoms with E-state index in [9.17, 15) is 17.6 Å². The second-order valence-electron chi connectivity index (χ2n) is 2.23. The minimum Gasteiger partial charge on any atom is -0.870 e. The molecular formula is C7H5BF4O3. The average Bonchev–Trinajstić information content (AvgIpc) is 1.94. The Morgan fingerprint density at radius 3 is 2.07 bits per heavy atom. The van der Waals surface area contributed by atoms with Gasteiger partial charge in [0.1, 0.15) is 0 Å². The van der Waals surface area contributed by atoms with Gasteiger partial charge in [0, 0.05) is 0 Å². The molecule has 0 aliphatic carbocycles. The normalized spacial score (nSPS) is 10.0. The van der Waals surface area contributed by atoms with Crippen LogP contribution in [0.3, 0.4) is 0 Å². The molecule has 0 aliphatic heterocycles. The van der Waals surface area contributed by atoms with E-state index < -0.39 is 17.9 Å². The predicted octanol–water partition coefficient (Wildman–Crippen LogP) is 1.16. The molecule has 2 N–H and O–H groups in total. The molecule has 0 unspecified atom stereocenters. The number of halogens is 4. The van der Waals surface area contributed by atoms with E-state index in [4.69, 9.17) is 7.85 Å². The molecule has 0 heterocycles. The van der Waals surface area contributed by atoms with Crippen molar-refractivity contribution in [3.63, 3.8) is 0 Å². The molecule has 8 heteroatoms. The van der Waals surface area contributed by atoms with Gasteiger partial charge >= 0.3 is 71.7 Å². The van der Waals surface area contributed by atoms with Gasteiger partial charge in [0.2, 0.25) is 0 Å². The Morgan fingerprint density at radius 2 is 1.67 bits per heavy atom. The van der Waals surface area contributed by atoms with Crippen molar-refractivity contribution in [2.45, 2.75) is 6.36 Å². The maximum absolute atomic E-state index is 12.5. The molecule has 0 amide bonds. The molecule has 0 spiro atoms. The smallest absolute Gasteiger partial charge is 0.870 e. The average molecular weight is 224 g/mol. The van der Waals surface area contributed by atoms with E-state index in [0.29, 0.717) is 0 Å². The first kappa shape index (κ1) is 16.2. The number of alkyl halides is 3. The van der Waals surface area contributed by atoms with E-state index in [1.54, 1.807) is 0 Å². The summed E-state index contributed by atoms with van der Waals surface area (Å²) in [6, 6.07) is 2.42. The van der Waals surface area contributed by atoms with Gasteiger partial charge in [-0.05, 0) is 0 Å². The number of ether oxygens (including phenoxy) is 1. The Hall–Kier alpha value is -1.28. The van der Waals surface area contributed by atoms with Crippen LogP contribution in [0.4, 0.5) is 17.6 Å². The molecule has 15 heavy (non-hydrogen) atoms. The number of hydrogen-bond acceptors (Lipinski definition) is 3. The molecule has 1 rings (SSSR count). The van der Waals surface area contributed by atoms with Gasteiger partial charge in [0.15, 0.2) is 0 Å². The van der Waals surface area contributed by atoms with Crippen molar-refractivity contribution in [3.05, 3.63) is 24.0 Å². The standard InChI is InChI=1S/C7H3BF4O.2H2O/c8-5-3-4(1-2-6(5)9)13-7(10,11)12;;/h1-3H;2*1H2/q+2;;/p-2. The first-order valence-corrected chi connectivity index (χ1v) is 3.19. The van der Waals surface area contributed by atoms with Crippen molar-refractivity contribution in [3.8, 4) is 5.75 Å². The number of hydrogen-bond donors (Lipinski definition) is 0. The molecule has 1 aromatic rings. The number of benzene rings is 1. The van der Waals surface area contributed by atoms with E-state index in [1.807, 2.05) is 0 Å². The Kier molecular flexibility index (Phi) is 6.00. The molecule has 0 atom stereocenters. The van der Waals surface area contributed by atoms with Crippen molar-refractivity contribution in [2.75, 3.05) is 0 Å². The predicted molar refractivity (Wildman–Crippen MR) is 42.3 cm³/mol. The fourth-order valence-corrected chi connectivity index (χ4v) is 0.719. The van der Waals surface area contributed by atoms with Crippen molar-refractivity contribution in [1.29, 1.82) is 0 Å². The molecular weight excluding hydrogens is 219 g/mol. The van der Waals surface area contributed by atoms with Crippen LogP contribution in [0.2, 0.25) is 0 Å².